The fourth-order valence-corrected chi connectivity index (χ4v) is 3.40. The highest BCUT2D eigenvalue weighted by molar-refractivity contribution is 6.41. The second kappa shape index (κ2) is 6.94. The lowest BCUT2D eigenvalue weighted by Gasteiger charge is -2.31. The molecule has 1 saturated heterocycles. The summed E-state index contributed by atoms with van der Waals surface area (Å²) >= 11 is 6.07. The van der Waals surface area contributed by atoms with E-state index >= 15 is 0 Å². The molecular formula is C20H17ClN2O3. The molecule has 0 spiro atoms. The second-order valence-corrected chi connectivity index (χ2v) is 6.60. The van der Waals surface area contributed by atoms with E-state index in [0.29, 0.717) is 53.7 Å². The quantitative estimate of drug-likeness (QED) is 0.603. The van der Waals surface area contributed by atoms with Crippen LogP contribution < -0.4 is 4.90 Å². The Kier molecular flexibility index (Phi) is 4.49. The lowest BCUT2D eigenvalue weighted by molar-refractivity contribution is -0.112. The zero-order chi connectivity index (χ0) is 18.1. The van der Waals surface area contributed by atoms with E-state index in [-0.39, 0.29) is 11.8 Å². The van der Waals surface area contributed by atoms with Crippen molar-refractivity contribution in [2.45, 2.75) is 0 Å². The predicted octanol–water partition coefficient (Wildman–Crippen LogP) is 3.20. The van der Waals surface area contributed by atoms with Crippen LogP contribution in [0.1, 0.15) is 15.9 Å². The summed E-state index contributed by atoms with van der Waals surface area (Å²) in [6, 6.07) is 14.0. The van der Waals surface area contributed by atoms with E-state index in [1.807, 2.05) is 18.3 Å². The molecule has 0 bridgehead atoms. The van der Waals surface area contributed by atoms with Gasteiger partial charge in [-0.25, -0.2) is 4.90 Å². The van der Waals surface area contributed by atoms with Crippen LogP contribution in [0, 0.1) is 0 Å². The fraction of sp³-hybridized carbons (Fsp3) is 0.200. The number of carbonyl (C=O) groups excluding carboxylic acids is 2. The molecule has 2 aromatic carbocycles. The first-order valence-electron chi connectivity index (χ1n) is 8.42. The normalized spacial score (nSPS) is 19.0. The molecule has 6 heteroatoms. The Balaban J connectivity index is 1.83. The lowest BCUT2D eigenvalue weighted by Crippen LogP contribution is -2.43. The highest BCUT2D eigenvalue weighted by Gasteiger charge is 2.36. The highest BCUT2D eigenvalue weighted by Crippen LogP contribution is 2.33. The number of nitrogens with zero attached hydrogens (tertiary/aromatic N) is 2. The fourth-order valence-electron chi connectivity index (χ4n) is 3.22. The minimum Gasteiger partial charge on any atom is -0.378 e. The number of imide groups is 1. The summed E-state index contributed by atoms with van der Waals surface area (Å²) in [4.78, 5) is 29.4. The van der Waals surface area contributed by atoms with E-state index in [4.69, 9.17) is 16.3 Å². The van der Waals surface area contributed by atoms with Crippen LogP contribution in [0.15, 0.2) is 54.7 Å². The first-order chi connectivity index (χ1) is 12.6. The van der Waals surface area contributed by atoms with Gasteiger partial charge in [-0.3, -0.25) is 9.59 Å². The topological polar surface area (TPSA) is 49.9 Å². The standard InChI is InChI=1S/C20H17ClN2O3/c21-14-4-3-5-15(12-14)23-19(24)17-7-2-1-6-16(17)18(20(23)25)13-22-8-10-26-11-9-22/h1-7,12-13H,8-11H2. The molecule has 4 rings (SSSR count). The first-order valence-corrected chi connectivity index (χ1v) is 8.80. The SMILES string of the molecule is O=C1C(=CN2CCOCC2)c2ccccc2C(=O)N1c1cccc(Cl)c1. The highest BCUT2D eigenvalue weighted by atomic mass is 35.5. The Morgan fingerprint density at radius 3 is 2.38 bits per heavy atom. The van der Waals surface area contributed by atoms with Crippen molar-refractivity contribution in [2.75, 3.05) is 31.2 Å². The Labute approximate surface area is 156 Å². The number of halogens is 1. The minimum atomic E-state index is -0.345. The number of anilines is 1. The van der Waals surface area contributed by atoms with Gasteiger partial charge in [-0.2, -0.15) is 0 Å². The van der Waals surface area contributed by atoms with Gasteiger partial charge in [-0.1, -0.05) is 35.9 Å². The van der Waals surface area contributed by atoms with E-state index in [9.17, 15) is 9.59 Å². The Hall–Kier alpha value is -2.63. The largest absolute Gasteiger partial charge is 0.378 e. The van der Waals surface area contributed by atoms with E-state index in [1.54, 1.807) is 36.4 Å². The molecule has 132 valence electrons. The molecule has 1 fully saturated rings. The van der Waals surface area contributed by atoms with Crippen LogP contribution in [-0.2, 0) is 9.53 Å². The zero-order valence-corrected chi connectivity index (χ0v) is 14.8. The molecule has 0 atom stereocenters. The summed E-state index contributed by atoms with van der Waals surface area (Å²) in [5, 5.41) is 0.473. The third kappa shape index (κ3) is 3.00. The molecule has 0 unspecified atom stereocenters. The van der Waals surface area contributed by atoms with Crippen molar-refractivity contribution in [3.63, 3.8) is 0 Å². The number of benzene rings is 2. The van der Waals surface area contributed by atoms with E-state index in [1.165, 1.54) is 4.90 Å². The van der Waals surface area contributed by atoms with Crippen molar-refractivity contribution in [3.05, 3.63) is 70.9 Å². The molecule has 2 heterocycles. The van der Waals surface area contributed by atoms with Crippen LogP contribution in [0.4, 0.5) is 5.69 Å². The van der Waals surface area contributed by atoms with Gasteiger partial charge in [0.1, 0.15) is 0 Å². The van der Waals surface area contributed by atoms with Gasteiger partial charge in [0.25, 0.3) is 11.8 Å². The first kappa shape index (κ1) is 16.8. The lowest BCUT2D eigenvalue weighted by atomic mass is 9.93. The third-order valence-corrected chi connectivity index (χ3v) is 4.74. The molecule has 2 aromatic rings. The van der Waals surface area contributed by atoms with Crippen molar-refractivity contribution in [1.82, 2.24) is 4.90 Å². The number of fused-ring (bicyclic) bond motifs is 1. The molecule has 0 radical (unpaired) electrons. The van der Waals surface area contributed by atoms with Gasteiger partial charge in [-0.05, 0) is 24.3 Å². The van der Waals surface area contributed by atoms with Crippen LogP contribution in [-0.4, -0.2) is 43.0 Å². The number of amides is 2. The Bertz CT molecular complexity index is 903. The van der Waals surface area contributed by atoms with Crippen molar-refractivity contribution in [3.8, 4) is 0 Å². The van der Waals surface area contributed by atoms with Crippen molar-refractivity contribution in [1.29, 1.82) is 0 Å². The summed E-state index contributed by atoms with van der Waals surface area (Å²) in [7, 11) is 0. The average Bonchev–Trinajstić information content (AvgIpc) is 2.66. The van der Waals surface area contributed by atoms with Gasteiger partial charge < -0.3 is 9.64 Å². The summed E-state index contributed by atoms with van der Waals surface area (Å²) < 4.78 is 5.37. The maximum Gasteiger partial charge on any atom is 0.267 e. The molecule has 5 nitrogen and oxygen atoms in total. The van der Waals surface area contributed by atoms with Gasteiger partial charge in [0, 0.05) is 35.4 Å². The maximum atomic E-state index is 13.2. The number of rotatable bonds is 2. The van der Waals surface area contributed by atoms with Crippen LogP contribution in [0.25, 0.3) is 5.57 Å². The molecule has 2 amide bonds. The monoisotopic (exact) mass is 368 g/mol. The summed E-state index contributed by atoms with van der Waals surface area (Å²) in [5.41, 5.74) is 2.14. The molecule has 0 saturated carbocycles. The van der Waals surface area contributed by atoms with Crippen LogP contribution in [0.5, 0.6) is 0 Å². The number of ether oxygens (including phenoxy) is 1. The summed E-state index contributed by atoms with van der Waals surface area (Å²) in [6.07, 6.45) is 1.84. The molecule has 0 aromatic heterocycles. The van der Waals surface area contributed by atoms with E-state index in [0.717, 1.165) is 0 Å². The van der Waals surface area contributed by atoms with E-state index in [2.05, 4.69) is 4.90 Å². The molecular weight excluding hydrogens is 352 g/mol. The summed E-state index contributed by atoms with van der Waals surface area (Å²) in [5.74, 6) is -0.686. The number of morpholine rings is 1. The molecule has 26 heavy (non-hydrogen) atoms. The van der Waals surface area contributed by atoms with Gasteiger partial charge in [-0.15, -0.1) is 0 Å². The van der Waals surface area contributed by atoms with Crippen LogP contribution >= 0.6 is 11.6 Å². The van der Waals surface area contributed by atoms with Gasteiger partial charge in [0.05, 0.1) is 24.5 Å². The molecule has 0 aliphatic carbocycles. The Morgan fingerprint density at radius 2 is 1.65 bits per heavy atom. The molecule has 0 N–H and O–H groups in total. The molecule has 2 aliphatic heterocycles. The van der Waals surface area contributed by atoms with Gasteiger partial charge in [0.2, 0.25) is 0 Å². The number of hydrogen-bond acceptors (Lipinski definition) is 4. The Morgan fingerprint density at radius 1 is 0.923 bits per heavy atom. The predicted molar refractivity (Wildman–Crippen MR) is 100 cm³/mol. The average molecular weight is 369 g/mol. The van der Waals surface area contributed by atoms with Crippen molar-refractivity contribution in [2.24, 2.45) is 0 Å². The van der Waals surface area contributed by atoms with Crippen molar-refractivity contribution < 1.29 is 14.3 Å². The van der Waals surface area contributed by atoms with E-state index < -0.39 is 0 Å². The zero-order valence-electron chi connectivity index (χ0n) is 14.0. The molecule has 2 aliphatic rings. The maximum absolute atomic E-state index is 13.2. The minimum absolute atomic E-state index is 0.341. The van der Waals surface area contributed by atoms with Gasteiger partial charge in [0.15, 0.2) is 0 Å². The second-order valence-electron chi connectivity index (χ2n) is 6.16. The third-order valence-electron chi connectivity index (χ3n) is 4.51. The van der Waals surface area contributed by atoms with Crippen LogP contribution in [0.3, 0.4) is 0 Å². The van der Waals surface area contributed by atoms with Crippen LogP contribution in [0.2, 0.25) is 5.02 Å². The number of hydrogen-bond donors (Lipinski definition) is 0. The smallest absolute Gasteiger partial charge is 0.267 e. The number of carbonyl (C=O) groups is 2. The summed E-state index contributed by atoms with van der Waals surface area (Å²) in [6.45, 7) is 2.67. The van der Waals surface area contributed by atoms with Gasteiger partial charge >= 0.3 is 0 Å². The van der Waals surface area contributed by atoms with Crippen molar-refractivity contribution >= 4 is 34.7 Å².